The Morgan fingerprint density at radius 1 is 1.53 bits per heavy atom. The summed E-state index contributed by atoms with van der Waals surface area (Å²) in [7, 11) is -0.493. The number of rotatable bonds is 4. The largest absolute Gasteiger partial charge is 0.389 e. The fourth-order valence-corrected chi connectivity index (χ4v) is 3.94. The van der Waals surface area contributed by atoms with Crippen molar-refractivity contribution < 1.29 is 18.3 Å². The standard InChI is InChI=1S/C11H19N3O4S/c1-7-10(6-14(2)12-7)19(16,17)13-8-4-5-9(18-3)11(8)15/h6,8-9,11,13,15H,4-5H2,1-3H3/t8-,9-,11-/m1/s1. The maximum atomic E-state index is 12.2. The molecule has 8 heteroatoms. The Kier molecular flexibility index (Phi) is 3.95. The molecule has 1 aliphatic rings. The Bertz CT molecular complexity index is 554. The minimum absolute atomic E-state index is 0.142. The number of methoxy groups -OCH3 is 1. The number of sulfonamides is 1. The predicted octanol–water partition coefficient (Wildman–Crippen LogP) is -0.455. The Morgan fingerprint density at radius 2 is 2.21 bits per heavy atom. The number of aromatic nitrogens is 2. The van der Waals surface area contributed by atoms with Crippen molar-refractivity contribution in [3.05, 3.63) is 11.9 Å². The first-order valence-electron chi connectivity index (χ1n) is 6.08. The second-order valence-corrected chi connectivity index (χ2v) is 6.50. The summed E-state index contributed by atoms with van der Waals surface area (Å²) >= 11 is 0. The molecule has 0 spiro atoms. The van der Waals surface area contributed by atoms with Gasteiger partial charge >= 0.3 is 0 Å². The van der Waals surface area contributed by atoms with E-state index in [1.54, 1.807) is 14.0 Å². The molecule has 0 bridgehead atoms. The van der Waals surface area contributed by atoms with Crippen LogP contribution in [0.2, 0.25) is 0 Å². The zero-order valence-corrected chi connectivity index (χ0v) is 12.0. The van der Waals surface area contributed by atoms with Crippen LogP contribution in [-0.4, -0.2) is 48.7 Å². The van der Waals surface area contributed by atoms with Crippen molar-refractivity contribution in [2.24, 2.45) is 7.05 Å². The summed E-state index contributed by atoms with van der Waals surface area (Å²) in [6.07, 6.45) is 1.50. The molecular formula is C11H19N3O4S. The Morgan fingerprint density at radius 3 is 2.68 bits per heavy atom. The van der Waals surface area contributed by atoms with Gasteiger partial charge in [0.15, 0.2) is 0 Å². The van der Waals surface area contributed by atoms with Crippen LogP contribution in [0.4, 0.5) is 0 Å². The molecule has 0 saturated heterocycles. The fourth-order valence-electron chi connectivity index (χ4n) is 2.43. The number of nitrogens with one attached hydrogen (secondary N) is 1. The van der Waals surface area contributed by atoms with E-state index in [1.807, 2.05) is 0 Å². The number of aliphatic hydroxyl groups excluding tert-OH is 1. The summed E-state index contributed by atoms with van der Waals surface area (Å²) in [5, 5.41) is 14.0. The quantitative estimate of drug-likeness (QED) is 0.782. The van der Waals surface area contributed by atoms with E-state index in [-0.39, 0.29) is 11.0 Å². The van der Waals surface area contributed by atoms with E-state index in [9.17, 15) is 13.5 Å². The molecule has 19 heavy (non-hydrogen) atoms. The van der Waals surface area contributed by atoms with Gasteiger partial charge in [-0.1, -0.05) is 0 Å². The van der Waals surface area contributed by atoms with Crippen molar-refractivity contribution >= 4 is 10.0 Å². The van der Waals surface area contributed by atoms with E-state index in [4.69, 9.17) is 4.74 Å². The lowest BCUT2D eigenvalue weighted by Gasteiger charge is -2.19. The molecule has 0 unspecified atom stereocenters. The van der Waals surface area contributed by atoms with Crippen LogP contribution < -0.4 is 4.72 Å². The van der Waals surface area contributed by atoms with E-state index >= 15 is 0 Å². The van der Waals surface area contributed by atoms with E-state index < -0.39 is 22.2 Å². The molecule has 0 amide bonds. The van der Waals surface area contributed by atoms with Crippen LogP contribution in [0.15, 0.2) is 11.1 Å². The molecule has 0 aromatic carbocycles. The van der Waals surface area contributed by atoms with Crippen molar-refractivity contribution in [2.75, 3.05) is 7.11 Å². The van der Waals surface area contributed by atoms with Gasteiger partial charge in [0.1, 0.15) is 4.90 Å². The average Bonchev–Trinajstić information content (AvgIpc) is 2.83. The summed E-state index contributed by atoms with van der Waals surface area (Å²) in [6, 6.07) is -0.519. The highest BCUT2D eigenvalue weighted by molar-refractivity contribution is 7.89. The lowest BCUT2D eigenvalue weighted by atomic mass is 10.2. The van der Waals surface area contributed by atoms with Crippen LogP contribution in [0.25, 0.3) is 0 Å². The monoisotopic (exact) mass is 289 g/mol. The second kappa shape index (κ2) is 5.20. The molecule has 1 fully saturated rings. The van der Waals surface area contributed by atoms with E-state index in [1.165, 1.54) is 18.0 Å². The third-order valence-electron chi connectivity index (χ3n) is 3.42. The maximum absolute atomic E-state index is 12.2. The van der Waals surface area contributed by atoms with Crippen LogP contribution in [0, 0.1) is 6.92 Å². The molecule has 2 rings (SSSR count). The van der Waals surface area contributed by atoms with Crippen molar-refractivity contribution in [3.63, 3.8) is 0 Å². The first kappa shape index (κ1) is 14.4. The molecule has 7 nitrogen and oxygen atoms in total. The van der Waals surface area contributed by atoms with Crippen molar-refractivity contribution in [3.8, 4) is 0 Å². The minimum atomic E-state index is -3.67. The summed E-state index contributed by atoms with van der Waals surface area (Å²) in [6.45, 7) is 1.64. The Hall–Kier alpha value is -0.960. The van der Waals surface area contributed by atoms with E-state index in [0.29, 0.717) is 18.5 Å². The molecular weight excluding hydrogens is 270 g/mol. The van der Waals surface area contributed by atoms with Crippen molar-refractivity contribution in [1.82, 2.24) is 14.5 Å². The number of aryl methyl sites for hydroxylation is 2. The number of hydrogen-bond donors (Lipinski definition) is 2. The van der Waals surface area contributed by atoms with Crippen LogP contribution >= 0.6 is 0 Å². The van der Waals surface area contributed by atoms with Crippen LogP contribution in [0.3, 0.4) is 0 Å². The smallest absolute Gasteiger partial charge is 0.244 e. The topological polar surface area (TPSA) is 93.5 Å². The summed E-state index contributed by atoms with van der Waals surface area (Å²) in [5.74, 6) is 0. The van der Waals surface area contributed by atoms with Gasteiger partial charge < -0.3 is 9.84 Å². The minimum Gasteiger partial charge on any atom is -0.389 e. The van der Waals surface area contributed by atoms with Gasteiger partial charge in [-0.2, -0.15) is 5.10 Å². The van der Waals surface area contributed by atoms with Crippen molar-refractivity contribution in [2.45, 2.75) is 42.9 Å². The Balaban J connectivity index is 2.17. The van der Waals surface area contributed by atoms with Gasteiger partial charge in [-0.05, 0) is 19.8 Å². The SMILES string of the molecule is CO[C@@H]1CC[C@@H](NS(=O)(=O)c2cn(C)nc2C)[C@H]1O. The maximum Gasteiger partial charge on any atom is 0.244 e. The van der Waals surface area contributed by atoms with Crippen LogP contribution in [0.1, 0.15) is 18.5 Å². The molecule has 3 atom stereocenters. The van der Waals surface area contributed by atoms with E-state index in [2.05, 4.69) is 9.82 Å². The van der Waals surface area contributed by atoms with Gasteiger partial charge in [-0.25, -0.2) is 13.1 Å². The van der Waals surface area contributed by atoms with Crippen LogP contribution in [0.5, 0.6) is 0 Å². The number of ether oxygens (including phenoxy) is 1. The highest BCUT2D eigenvalue weighted by atomic mass is 32.2. The number of aliphatic hydroxyl groups is 1. The first-order chi connectivity index (χ1) is 8.85. The van der Waals surface area contributed by atoms with Gasteiger partial charge in [-0.15, -0.1) is 0 Å². The van der Waals surface area contributed by atoms with E-state index in [0.717, 1.165) is 0 Å². The Labute approximate surface area is 112 Å². The summed E-state index contributed by atoms with van der Waals surface area (Å²) in [4.78, 5) is 0.142. The average molecular weight is 289 g/mol. The highest BCUT2D eigenvalue weighted by Crippen LogP contribution is 2.24. The van der Waals surface area contributed by atoms with Crippen molar-refractivity contribution in [1.29, 1.82) is 0 Å². The van der Waals surface area contributed by atoms with Gasteiger partial charge in [-0.3, -0.25) is 4.68 Å². The lowest BCUT2D eigenvalue weighted by molar-refractivity contribution is 0.00246. The zero-order chi connectivity index (χ0) is 14.2. The molecule has 108 valence electrons. The van der Waals surface area contributed by atoms with Gasteiger partial charge in [0.25, 0.3) is 0 Å². The highest BCUT2D eigenvalue weighted by Gasteiger charge is 2.38. The molecule has 1 aromatic heterocycles. The molecule has 2 N–H and O–H groups in total. The molecule has 1 saturated carbocycles. The van der Waals surface area contributed by atoms with Gasteiger partial charge in [0.2, 0.25) is 10.0 Å². The summed E-state index contributed by atoms with van der Waals surface area (Å²) < 4.78 is 33.6. The first-order valence-corrected chi connectivity index (χ1v) is 7.57. The zero-order valence-electron chi connectivity index (χ0n) is 11.2. The molecule has 1 heterocycles. The fraction of sp³-hybridized carbons (Fsp3) is 0.727. The lowest BCUT2D eigenvalue weighted by Crippen LogP contribution is -2.43. The number of nitrogens with zero attached hydrogens (tertiary/aromatic N) is 2. The third-order valence-corrected chi connectivity index (χ3v) is 5.02. The molecule has 1 aliphatic carbocycles. The van der Waals surface area contributed by atoms with Crippen LogP contribution in [-0.2, 0) is 21.8 Å². The third kappa shape index (κ3) is 2.81. The second-order valence-electron chi connectivity index (χ2n) is 4.82. The summed E-state index contributed by atoms with van der Waals surface area (Å²) in [5.41, 5.74) is 0.436. The molecule has 1 aromatic rings. The molecule has 0 radical (unpaired) electrons. The predicted molar refractivity (Wildman–Crippen MR) is 68.1 cm³/mol. The van der Waals surface area contributed by atoms with Gasteiger partial charge in [0.05, 0.1) is 23.9 Å². The van der Waals surface area contributed by atoms with Gasteiger partial charge in [0, 0.05) is 20.4 Å². The molecule has 0 aliphatic heterocycles. The normalized spacial score (nSPS) is 27.9. The number of hydrogen-bond acceptors (Lipinski definition) is 5.